The summed E-state index contributed by atoms with van der Waals surface area (Å²) in [7, 11) is 0. The van der Waals surface area contributed by atoms with Crippen LogP contribution >= 0.6 is 0 Å². The van der Waals surface area contributed by atoms with Crippen LogP contribution in [0.4, 0.5) is 0 Å². The summed E-state index contributed by atoms with van der Waals surface area (Å²) in [4.78, 5) is 24.2. The van der Waals surface area contributed by atoms with Crippen molar-refractivity contribution in [3.8, 4) is 0 Å². The molecule has 0 aliphatic carbocycles. The molecule has 4 nitrogen and oxygen atoms in total. The Balaban J connectivity index is 2.63. The molecule has 0 aromatic heterocycles. The van der Waals surface area contributed by atoms with E-state index in [-0.39, 0.29) is 11.3 Å². The molecule has 1 heterocycles. The number of carbonyl (C=O) groups excluding carboxylic acids is 1. The van der Waals surface area contributed by atoms with Crippen molar-refractivity contribution in [2.24, 2.45) is 5.41 Å². The average Bonchev–Trinajstić information content (AvgIpc) is 2.47. The Morgan fingerprint density at radius 2 is 2.00 bits per heavy atom. The summed E-state index contributed by atoms with van der Waals surface area (Å²) < 4.78 is 0. The highest BCUT2D eigenvalue weighted by Crippen LogP contribution is 2.24. The highest BCUT2D eigenvalue weighted by molar-refractivity contribution is 5.84. The van der Waals surface area contributed by atoms with Crippen molar-refractivity contribution in [2.75, 3.05) is 6.54 Å². The second-order valence-corrected chi connectivity index (χ2v) is 5.32. The molecule has 1 fully saturated rings. The zero-order valence-corrected chi connectivity index (χ0v) is 9.62. The number of nitrogens with zero attached hydrogens (tertiary/aromatic N) is 1. The number of carbonyl (C=O) groups is 2. The van der Waals surface area contributed by atoms with Crippen LogP contribution in [0.1, 0.15) is 40.0 Å². The van der Waals surface area contributed by atoms with Crippen LogP contribution in [-0.2, 0) is 9.59 Å². The summed E-state index contributed by atoms with van der Waals surface area (Å²) in [6.45, 7) is 6.54. The smallest absolute Gasteiger partial charge is 0.326 e. The van der Waals surface area contributed by atoms with Gasteiger partial charge in [0, 0.05) is 13.0 Å². The molecule has 0 aromatic rings. The van der Waals surface area contributed by atoms with Crippen molar-refractivity contribution in [1.29, 1.82) is 0 Å². The molecule has 1 atom stereocenters. The Morgan fingerprint density at radius 1 is 1.40 bits per heavy atom. The fraction of sp³-hybridized carbons (Fsp3) is 0.818. The van der Waals surface area contributed by atoms with Gasteiger partial charge in [-0.1, -0.05) is 20.8 Å². The van der Waals surface area contributed by atoms with Crippen molar-refractivity contribution >= 4 is 11.9 Å². The summed E-state index contributed by atoms with van der Waals surface area (Å²) in [5.74, 6) is -0.915. The van der Waals surface area contributed by atoms with E-state index in [1.54, 1.807) is 0 Å². The fourth-order valence-electron chi connectivity index (χ4n) is 1.88. The van der Waals surface area contributed by atoms with Crippen molar-refractivity contribution in [3.05, 3.63) is 0 Å². The van der Waals surface area contributed by atoms with E-state index in [4.69, 9.17) is 5.11 Å². The van der Waals surface area contributed by atoms with Crippen LogP contribution in [0.2, 0.25) is 0 Å². The van der Waals surface area contributed by atoms with E-state index in [2.05, 4.69) is 0 Å². The van der Waals surface area contributed by atoms with Gasteiger partial charge in [0.2, 0.25) is 5.91 Å². The Labute approximate surface area is 90.3 Å². The second kappa shape index (κ2) is 4.21. The van der Waals surface area contributed by atoms with E-state index in [0.29, 0.717) is 19.4 Å². The summed E-state index contributed by atoms with van der Waals surface area (Å²) in [5, 5.41) is 8.94. The Kier molecular flexibility index (Phi) is 3.37. The van der Waals surface area contributed by atoms with Crippen molar-refractivity contribution in [2.45, 2.75) is 46.1 Å². The Bertz CT molecular complexity index is 267. The van der Waals surface area contributed by atoms with Gasteiger partial charge in [-0.15, -0.1) is 0 Å². The first-order valence-corrected chi connectivity index (χ1v) is 5.33. The van der Waals surface area contributed by atoms with Gasteiger partial charge in [-0.25, -0.2) is 4.79 Å². The summed E-state index contributed by atoms with van der Waals surface area (Å²) in [5.41, 5.74) is -0.0806. The van der Waals surface area contributed by atoms with Gasteiger partial charge in [0.1, 0.15) is 6.04 Å². The lowest BCUT2D eigenvalue weighted by atomic mass is 9.91. The van der Waals surface area contributed by atoms with E-state index in [9.17, 15) is 9.59 Å². The van der Waals surface area contributed by atoms with Crippen LogP contribution in [0.25, 0.3) is 0 Å². The molecule has 0 spiro atoms. The average molecular weight is 213 g/mol. The van der Waals surface area contributed by atoms with Gasteiger partial charge in [0.25, 0.3) is 0 Å². The monoisotopic (exact) mass is 213 g/mol. The number of carboxylic acids is 1. The first-order valence-electron chi connectivity index (χ1n) is 5.33. The molecule has 0 bridgehead atoms. The lowest BCUT2D eigenvalue weighted by Gasteiger charge is -2.25. The van der Waals surface area contributed by atoms with E-state index in [1.165, 1.54) is 4.90 Å². The molecule has 4 heteroatoms. The molecule has 0 unspecified atom stereocenters. The second-order valence-electron chi connectivity index (χ2n) is 5.32. The van der Waals surface area contributed by atoms with Crippen molar-refractivity contribution in [1.82, 2.24) is 4.90 Å². The number of hydrogen-bond acceptors (Lipinski definition) is 2. The van der Waals surface area contributed by atoms with E-state index < -0.39 is 12.0 Å². The summed E-state index contributed by atoms with van der Waals surface area (Å²) in [6, 6.07) is -0.597. The number of amides is 1. The zero-order chi connectivity index (χ0) is 11.6. The van der Waals surface area contributed by atoms with Crippen molar-refractivity contribution in [3.63, 3.8) is 0 Å². The van der Waals surface area contributed by atoms with Crippen LogP contribution in [0.15, 0.2) is 0 Å². The van der Waals surface area contributed by atoms with Crippen LogP contribution in [0.3, 0.4) is 0 Å². The fourth-order valence-corrected chi connectivity index (χ4v) is 1.88. The number of rotatable bonds is 2. The quantitative estimate of drug-likeness (QED) is 0.756. The van der Waals surface area contributed by atoms with Gasteiger partial charge >= 0.3 is 5.97 Å². The normalized spacial score (nSPS) is 21.8. The van der Waals surface area contributed by atoms with Gasteiger partial charge in [-0.05, 0) is 18.3 Å². The highest BCUT2D eigenvalue weighted by Gasteiger charge is 2.34. The van der Waals surface area contributed by atoms with E-state index >= 15 is 0 Å². The molecule has 86 valence electrons. The summed E-state index contributed by atoms with van der Waals surface area (Å²) in [6.07, 6.45) is 1.80. The van der Waals surface area contributed by atoms with Gasteiger partial charge in [0.05, 0.1) is 0 Å². The Hall–Kier alpha value is -1.06. The largest absolute Gasteiger partial charge is 0.480 e. The van der Waals surface area contributed by atoms with E-state index in [0.717, 1.165) is 6.42 Å². The Morgan fingerprint density at radius 3 is 2.47 bits per heavy atom. The molecule has 1 N–H and O–H groups in total. The zero-order valence-electron chi connectivity index (χ0n) is 9.62. The first kappa shape index (κ1) is 12.0. The highest BCUT2D eigenvalue weighted by atomic mass is 16.4. The SMILES string of the molecule is CC(C)(C)CC(=O)N1CCC[C@@H]1C(=O)O. The standard InChI is InChI=1S/C11H19NO3/c1-11(2,3)7-9(13)12-6-4-5-8(12)10(14)15/h8H,4-7H2,1-3H3,(H,14,15)/t8-/m1/s1. The molecule has 0 aromatic carbocycles. The number of likely N-dealkylation sites (tertiary alicyclic amines) is 1. The molecule has 1 rings (SSSR count). The number of carboxylic acid groups (broad SMARTS) is 1. The molecule has 1 saturated heterocycles. The minimum Gasteiger partial charge on any atom is -0.480 e. The predicted octanol–water partition coefficient (Wildman–Crippen LogP) is 1.50. The van der Waals surface area contributed by atoms with Gasteiger partial charge < -0.3 is 10.0 Å². The molecule has 0 radical (unpaired) electrons. The topological polar surface area (TPSA) is 57.6 Å². The maximum Gasteiger partial charge on any atom is 0.326 e. The molecule has 1 aliphatic rings. The van der Waals surface area contributed by atoms with Gasteiger partial charge in [0.15, 0.2) is 0 Å². The van der Waals surface area contributed by atoms with Gasteiger partial charge in [-0.3, -0.25) is 4.79 Å². The minimum absolute atomic E-state index is 0.0348. The minimum atomic E-state index is -0.880. The third-order valence-corrected chi connectivity index (χ3v) is 2.54. The third-order valence-electron chi connectivity index (χ3n) is 2.54. The summed E-state index contributed by atoms with van der Waals surface area (Å²) >= 11 is 0. The van der Waals surface area contributed by atoms with Crippen LogP contribution in [0.5, 0.6) is 0 Å². The predicted molar refractivity (Wildman–Crippen MR) is 56.4 cm³/mol. The van der Waals surface area contributed by atoms with Crippen LogP contribution in [0, 0.1) is 5.41 Å². The number of hydrogen-bond donors (Lipinski definition) is 1. The molecule has 15 heavy (non-hydrogen) atoms. The maximum atomic E-state index is 11.8. The van der Waals surface area contributed by atoms with Crippen molar-refractivity contribution < 1.29 is 14.7 Å². The molecular weight excluding hydrogens is 194 g/mol. The molecule has 1 aliphatic heterocycles. The molecular formula is C11H19NO3. The lowest BCUT2D eigenvalue weighted by Crippen LogP contribution is -2.41. The molecule has 0 saturated carbocycles. The van der Waals surface area contributed by atoms with E-state index in [1.807, 2.05) is 20.8 Å². The first-order chi connectivity index (χ1) is 6.81. The van der Waals surface area contributed by atoms with Gasteiger partial charge in [-0.2, -0.15) is 0 Å². The number of aliphatic carboxylic acids is 1. The third kappa shape index (κ3) is 3.22. The maximum absolute atomic E-state index is 11.8. The molecule has 1 amide bonds. The lowest BCUT2D eigenvalue weighted by molar-refractivity contribution is -0.148. The van der Waals surface area contributed by atoms with Crippen LogP contribution in [-0.4, -0.2) is 34.5 Å². The van der Waals surface area contributed by atoms with Crippen LogP contribution < -0.4 is 0 Å².